The van der Waals surface area contributed by atoms with Gasteiger partial charge in [0, 0.05) is 5.69 Å². The molecular weight excluding hydrogens is 485 g/mol. The third-order valence-electron chi connectivity index (χ3n) is 5.05. The van der Waals surface area contributed by atoms with Crippen LogP contribution in [0.2, 0.25) is 5.02 Å². The van der Waals surface area contributed by atoms with E-state index in [1.54, 1.807) is 0 Å². The van der Waals surface area contributed by atoms with E-state index in [-0.39, 0.29) is 34.7 Å². The largest absolute Gasteiger partial charge is 0.493 e. The normalized spacial score (nSPS) is 11.7. The molecule has 3 rings (SSSR count). The number of hydrogen-bond donors (Lipinski definition) is 2. The number of rotatable bonds is 9. The summed E-state index contributed by atoms with van der Waals surface area (Å²) in [4.78, 5) is 24.9. The summed E-state index contributed by atoms with van der Waals surface area (Å²) in [6.07, 6.45) is 1.38. The Morgan fingerprint density at radius 3 is 2.47 bits per heavy atom. The fourth-order valence-corrected chi connectivity index (χ4v) is 3.52. The fraction of sp³-hybridized carbons (Fsp3) is 0.148. The molecule has 0 aliphatic rings. The first-order valence-corrected chi connectivity index (χ1v) is 11.2. The van der Waals surface area contributed by atoms with Gasteiger partial charge in [0.1, 0.15) is 17.5 Å². The molecule has 0 radical (unpaired) electrons. The zero-order valence-corrected chi connectivity index (χ0v) is 20.3. The highest BCUT2D eigenvalue weighted by atomic mass is 35.5. The van der Waals surface area contributed by atoms with Crippen LogP contribution in [0.5, 0.6) is 11.5 Å². The second-order valence-electron chi connectivity index (χ2n) is 7.65. The molecule has 0 saturated carbocycles. The van der Waals surface area contributed by atoms with E-state index in [2.05, 4.69) is 10.6 Å². The van der Waals surface area contributed by atoms with Crippen LogP contribution < -0.4 is 20.1 Å². The Kier molecular flexibility index (Phi) is 9.03. The lowest BCUT2D eigenvalue weighted by Crippen LogP contribution is -2.27. The summed E-state index contributed by atoms with van der Waals surface area (Å²) < 4.78 is 23.9. The third kappa shape index (κ3) is 7.08. The van der Waals surface area contributed by atoms with E-state index < -0.39 is 17.6 Å². The van der Waals surface area contributed by atoms with Crippen LogP contribution in [0, 0.1) is 17.1 Å². The molecule has 0 unspecified atom stereocenters. The number of halogens is 2. The highest BCUT2D eigenvalue weighted by molar-refractivity contribution is 6.32. The molecule has 0 spiro atoms. The molecule has 0 aliphatic heterocycles. The first-order chi connectivity index (χ1) is 17.3. The first-order valence-electron chi connectivity index (χ1n) is 10.8. The van der Waals surface area contributed by atoms with Crippen LogP contribution in [0.3, 0.4) is 0 Å². The molecule has 2 N–H and O–H groups in total. The van der Waals surface area contributed by atoms with E-state index in [9.17, 15) is 19.2 Å². The van der Waals surface area contributed by atoms with E-state index in [1.807, 2.05) is 43.3 Å². The molecule has 3 aromatic rings. The molecule has 0 fully saturated rings. The van der Waals surface area contributed by atoms with Gasteiger partial charge in [-0.2, -0.15) is 5.26 Å². The zero-order chi connectivity index (χ0) is 26.1. The maximum absolute atomic E-state index is 13.0. The molecule has 3 aromatic carbocycles. The lowest BCUT2D eigenvalue weighted by molar-refractivity contribution is -0.118. The summed E-state index contributed by atoms with van der Waals surface area (Å²) in [7, 11) is 1.39. The molecule has 1 atom stereocenters. The number of ether oxygens (including phenoxy) is 2. The van der Waals surface area contributed by atoms with Gasteiger partial charge in [-0.05, 0) is 60.5 Å². The van der Waals surface area contributed by atoms with Crippen LogP contribution in [-0.2, 0) is 9.59 Å². The van der Waals surface area contributed by atoms with Gasteiger partial charge >= 0.3 is 0 Å². The Morgan fingerprint density at radius 1 is 1.14 bits per heavy atom. The summed E-state index contributed by atoms with van der Waals surface area (Å²) in [6, 6.07) is 19.3. The smallest absolute Gasteiger partial charge is 0.262 e. The van der Waals surface area contributed by atoms with Gasteiger partial charge in [-0.3, -0.25) is 9.59 Å². The van der Waals surface area contributed by atoms with Crippen LogP contribution in [0.4, 0.5) is 10.1 Å². The minimum absolute atomic E-state index is 0.116. The Hall–Kier alpha value is -4.35. The van der Waals surface area contributed by atoms with Crippen LogP contribution >= 0.6 is 11.6 Å². The maximum atomic E-state index is 13.0. The number of anilines is 1. The number of hydrogen-bond acceptors (Lipinski definition) is 5. The van der Waals surface area contributed by atoms with Gasteiger partial charge in [0.25, 0.3) is 11.8 Å². The molecule has 184 valence electrons. The van der Waals surface area contributed by atoms with Crippen molar-refractivity contribution in [3.05, 3.63) is 94.3 Å². The van der Waals surface area contributed by atoms with Gasteiger partial charge in [-0.15, -0.1) is 0 Å². The topological polar surface area (TPSA) is 100 Å². The van der Waals surface area contributed by atoms with E-state index in [4.69, 9.17) is 21.1 Å². The van der Waals surface area contributed by atoms with E-state index in [1.165, 1.54) is 49.6 Å². The van der Waals surface area contributed by atoms with Gasteiger partial charge in [0.05, 0.1) is 18.2 Å². The van der Waals surface area contributed by atoms with Gasteiger partial charge in [-0.1, -0.05) is 41.9 Å². The number of nitriles is 1. The van der Waals surface area contributed by atoms with Crippen molar-refractivity contribution in [2.75, 3.05) is 19.0 Å². The van der Waals surface area contributed by atoms with Crippen molar-refractivity contribution < 1.29 is 23.5 Å². The Morgan fingerprint density at radius 2 is 1.83 bits per heavy atom. The maximum Gasteiger partial charge on any atom is 0.262 e. The minimum atomic E-state index is -0.540. The molecule has 9 heteroatoms. The molecule has 0 heterocycles. The molecule has 0 bridgehead atoms. The molecule has 36 heavy (non-hydrogen) atoms. The molecule has 0 aromatic heterocycles. The van der Waals surface area contributed by atoms with Crippen molar-refractivity contribution in [2.45, 2.75) is 13.0 Å². The van der Waals surface area contributed by atoms with Gasteiger partial charge < -0.3 is 20.1 Å². The lowest BCUT2D eigenvalue weighted by atomic mass is 10.1. The third-order valence-corrected chi connectivity index (χ3v) is 5.33. The van der Waals surface area contributed by atoms with E-state index in [0.717, 1.165) is 5.56 Å². The van der Waals surface area contributed by atoms with E-state index >= 15 is 0 Å². The number of methoxy groups -OCH3 is 1. The summed E-state index contributed by atoms with van der Waals surface area (Å²) in [5, 5.41) is 15.0. The second-order valence-corrected chi connectivity index (χ2v) is 8.06. The molecule has 7 nitrogen and oxygen atoms in total. The first kappa shape index (κ1) is 26.3. The van der Waals surface area contributed by atoms with Gasteiger partial charge in [0.2, 0.25) is 0 Å². The van der Waals surface area contributed by atoms with Crippen molar-refractivity contribution in [3.63, 3.8) is 0 Å². The number of nitrogens with one attached hydrogen (secondary N) is 2. The highest BCUT2D eigenvalue weighted by Gasteiger charge is 2.17. The lowest BCUT2D eigenvalue weighted by Gasteiger charge is -2.15. The van der Waals surface area contributed by atoms with E-state index in [0.29, 0.717) is 11.3 Å². The van der Waals surface area contributed by atoms with Crippen molar-refractivity contribution >= 4 is 35.2 Å². The number of carbonyl (C=O) groups excluding carboxylic acids is 2. The molecule has 2 amide bonds. The summed E-state index contributed by atoms with van der Waals surface area (Å²) in [5.41, 5.74) is 1.62. The summed E-state index contributed by atoms with van der Waals surface area (Å²) in [5.74, 6) is -1.12. The SMILES string of the molecule is COc1cc(/C=C(/C#N)C(=O)N[C@@H](C)c2ccccc2)cc(Cl)c1OCC(=O)Nc1ccc(F)cc1. The number of carbonyl (C=O) groups is 2. The molecule has 0 aliphatic carbocycles. The van der Waals surface area contributed by atoms with Gasteiger partial charge in [0.15, 0.2) is 18.1 Å². The highest BCUT2D eigenvalue weighted by Crippen LogP contribution is 2.37. The minimum Gasteiger partial charge on any atom is -0.493 e. The average Bonchev–Trinajstić information content (AvgIpc) is 2.88. The predicted molar refractivity (Wildman–Crippen MR) is 135 cm³/mol. The standard InChI is InChI=1S/C27H23ClFN3O4/c1-17(19-6-4-3-5-7-19)31-27(34)20(15-30)12-18-13-23(28)26(24(14-18)35-2)36-16-25(33)32-22-10-8-21(29)9-11-22/h3-14,17H,16H2,1-2H3,(H,31,34)(H,32,33)/b20-12-/t17-/m0/s1. The quantitative estimate of drug-likeness (QED) is 0.303. The predicted octanol–water partition coefficient (Wildman–Crippen LogP) is 5.29. The van der Waals surface area contributed by atoms with Crippen LogP contribution in [0.15, 0.2) is 72.3 Å². The number of nitrogens with zero attached hydrogens (tertiary/aromatic N) is 1. The van der Waals surface area contributed by atoms with Crippen LogP contribution in [0.1, 0.15) is 24.1 Å². The number of benzene rings is 3. The van der Waals surface area contributed by atoms with Crippen molar-refractivity contribution in [3.8, 4) is 17.6 Å². The average molecular weight is 508 g/mol. The summed E-state index contributed by atoms with van der Waals surface area (Å²) in [6.45, 7) is 1.44. The fourth-order valence-electron chi connectivity index (χ4n) is 3.25. The Labute approximate surface area is 213 Å². The van der Waals surface area contributed by atoms with Crippen LogP contribution in [-0.4, -0.2) is 25.5 Å². The number of amides is 2. The molecular formula is C27H23ClFN3O4. The van der Waals surface area contributed by atoms with Crippen LogP contribution in [0.25, 0.3) is 6.08 Å². The Balaban J connectivity index is 1.71. The zero-order valence-electron chi connectivity index (χ0n) is 19.5. The Bertz CT molecular complexity index is 1310. The second kappa shape index (κ2) is 12.4. The molecule has 0 saturated heterocycles. The summed E-state index contributed by atoms with van der Waals surface area (Å²) >= 11 is 6.35. The van der Waals surface area contributed by atoms with Crippen molar-refractivity contribution in [2.24, 2.45) is 0 Å². The van der Waals surface area contributed by atoms with Crippen molar-refractivity contribution in [1.29, 1.82) is 5.26 Å². The monoisotopic (exact) mass is 507 g/mol. The van der Waals surface area contributed by atoms with Crippen molar-refractivity contribution in [1.82, 2.24) is 5.32 Å². The van der Waals surface area contributed by atoms with Gasteiger partial charge in [-0.25, -0.2) is 4.39 Å².